The highest BCUT2D eigenvalue weighted by molar-refractivity contribution is 6.14. The summed E-state index contributed by atoms with van der Waals surface area (Å²) in [5.74, 6) is 1.01. The number of carbonyl (C=O) groups excluding carboxylic acids is 1. The molecule has 0 spiro atoms. The largest absolute Gasteiger partial charge is 0.489 e. The number of ketones is 1. The van der Waals surface area contributed by atoms with Crippen molar-refractivity contribution in [3.8, 4) is 11.5 Å². The Morgan fingerprint density at radius 2 is 1.92 bits per heavy atom. The number of non-ortho nitro benzene ring substituents is 1. The molecule has 0 saturated heterocycles. The number of allylic oxidation sites excluding steroid dienone is 2. The Bertz CT molecular complexity index is 922. The molecule has 0 bridgehead atoms. The average Bonchev–Trinajstić information content (AvgIpc) is 2.90. The zero-order chi connectivity index (χ0) is 18.7. The van der Waals surface area contributed by atoms with Crippen LogP contribution in [0.15, 0.2) is 59.9 Å². The quantitative estimate of drug-likeness (QED) is 0.342. The summed E-state index contributed by atoms with van der Waals surface area (Å²) in [6.07, 6.45) is 3.52. The molecule has 0 fully saturated rings. The molecule has 6 nitrogen and oxygen atoms in total. The van der Waals surface area contributed by atoms with Crippen LogP contribution in [0.3, 0.4) is 0 Å². The summed E-state index contributed by atoms with van der Waals surface area (Å²) >= 11 is 0. The third-order valence-corrected chi connectivity index (χ3v) is 3.78. The lowest BCUT2D eigenvalue weighted by Crippen LogP contribution is -1.98. The van der Waals surface area contributed by atoms with Crippen LogP contribution in [0.1, 0.15) is 29.8 Å². The molecule has 1 aliphatic heterocycles. The van der Waals surface area contributed by atoms with Gasteiger partial charge in [0.05, 0.1) is 10.5 Å². The molecule has 0 N–H and O–H groups in total. The van der Waals surface area contributed by atoms with Crippen molar-refractivity contribution in [1.82, 2.24) is 0 Å². The Morgan fingerprint density at radius 3 is 2.58 bits per heavy atom. The Labute approximate surface area is 150 Å². The number of fused-ring (bicyclic) bond motifs is 1. The van der Waals surface area contributed by atoms with E-state index in [9.17, 15) is 14.9 Å². The zero-order valence-electron chi connectivity index (χ0n) is 14.4. The minimum atomic E-state index is -0.471. The fraction of sp³-hybridized carbons (Fsp3) is 0.150. The molecule has 0 amide bonds. The van der Waals surface area contributed by atoms with E-state index < -0.39 is 4.92 Å². The second-order valence-corrected chi connectivity index (χ2v) is 6.04. The molecule has 0 unspecified atom stereocenters. The molecule has 3 rings (SSSR count). The topological polar surface area (TPSA) is 78.7 Å². The van der Waals surface area contributed by atoms with Crippen molar-refractivity contribution in [2.45, 2.75) is 13.8 Å². The van der Waals surface area contributed by atoms with Crippen LogP contribution >= 0.6 is 0 Å². The number of hydrogen-bond acceptors (Lipinski definition) is 5. The Morgan fingerprint density at radius 1 is 1.19 bits per heavy atom. The van der Waals surface area contributed by atoms with E-state index in [0.717, 1.165) is 5.57 Å². The van der Waals surface area contributed by atoms with Crippen LogP contribution in [0.25, 0.3) is 6.08 Å². The summed E-state index contributed by atoms with van der Waals surface area (Å²) < 4.78 is 11.3. The first-order chi connectivity index (χ1) is 12.4. The van der Waals surface area contributed by atoms with E-state index in [1.807, 2.05) is 19.9 Å². The second kappa shape index (κ2) is 7.23. The maximum Gasteiger partial charge on any atom is 0.269 e. The first-order valence-corrected chi connectivity index (χ1v) is 8.03. The number of hydrogen-bond donors (Lipinski definition) is 0. The maximum atomic E-state index is 12.4. The molecule has 2 aromatic carbocycles. The number of rotatable bonds is 5. The molecule has 132 valence electrons. The molecule has 0 aromatic heterocycles. The molecule has 0 radical (unpaired) electrons. The number of nitro benzene ring substituents is 1. The number of ether oxygens (including phenoxy) is 2. The van der Waals surface area contributed by atoms with E-state index in [1.54, 1.807) is 36.4 Å². The smallest absolute Gasteiger partial charge is 0.269 e. The van der Waals surface area contributed by atoms with Crippen LogP contribution < -0.4 is 9.47 Å². The van der Waals surface area contributed by atoms with Gasteiger partial charge in [0.1, 0.15) is 18.1 Å². The highest BCUT2D eigenvalue weighted by Crippen LogP contribution is 2.35. The Balaban J connectivity index is 1.78. The van der Waals surface area contributed by atoms with E-state index in [4.69, 9.17) is 9.47 Å². The van der Waals surface area contributed by atoms with Crippen LogP contribution in [0.5, 0.6) is 11.5 Å². The molecule has 6 heteroatoms. The van der Waals surface area contributed by atoms with Gasteiger partial charge in [0.15, 0.2) is 5.76 Å². The number of benzene rings is 2. The van der Waals surface area contributed by atoms with Gasteiger partial charge in [0.25, 0.3) is 5.69 Å². The fourth-order valence-corrected chi connectivity index (χ4v) is 2.41. The first-order valence-electron chi connectivity index (χ1n) is 8.03. The van der Waals surface area contributed by atoms with Crippen LogP contribution in [0.4, 0.5) is 5.69 Å². The summed E-state index contributed by atoms with van der Waals surface area (Å²) in [5.41, 5.74) is 2.26. The third kappa shape index (κ3) is 3.80. The van der Waals surface area contributed by atoms with Crippen molar-refractivity contribution in [3.05, 3.63) is 81.1 Å². The summed E-state index contributed by atoms with van der Waals surface area (Å²) in [4.78, 5) is 22.7. The third-order valence-electron chi connectivity index (χ3n) is 3.78. The lowest BCUT2D eigenvalue weighted by molar-refractivity contribution is -0.384. The first kappa shape index (κ1) is 17.4. The van der Waals surface area contributed by atoms with Crippen molar-refractivity contribution in [2.75, 3.05) is 6.61 Å². The van der Waals surface area contributed by atoms with Gasteiger partial charge in [-0.1, -0.05) is 5.57 Å². The number of nitro groups is 1. The van der Waals surface area contributed by atoms with E-state index in [-0.39, 0.29) is 17.2 Å². The van der Waals surface area contributed by atoms with Gasteiger partial charge in [-0.2, -0.15) is 0 Å². The van der Waals surface area contributed by atoms with Crippen molar-refractivity contribution in [2.24, 2.45) is 0 Å². The SMILES string of the molecule is CC(C)=CCOc1ccc2c(c1)OC(=Cc1ccc([N+](=O)[O-])cc1)C2=O. The summed E-state index contributed by atoms with van der Waals surface area (Å²) in [5, 5.41) is 10.7. The van der Waals surface area contributed by atoms with Gasteiger partial charge < -0.3 is 9.47 Å². The van der Waals surface area contributed by atoms with Crippen LogP contribution in [-0.4, -0.2) is 17.3 Å². The van der Waals surface area contributed by atoms with Gasteiger partial charge in [-0.25, -0.2) is 0 Å². The monoisotopic (exact) mass is 351 g/mol. The zero-order valence-corrected chi connectivity index (χ0v) is 14.4. The van der Waals surface area contributed by atoms with E-state index in [2.05, 4.69) is 0 Å². The van der Waals surface area contributed by atoms with Gasteiger partial charge in [-0.3, -0.25) is 14.9 Å². The summed E-state index contributed by atoms with van der Waals surface area (Å²) in [6.45, 7) is 4.42. The van der Waals surface area contributed by atoms with Crippen LogP contribution in [0, 0.1) is 10.1 Å². The van der Waals surface area contributed by atoms with Crippen molar-refractivity contribution in [1.29, 1.82) is 0 Å². The number of Topliss-reactive ketones (excluding diaryl/α,β-unsaturated/α-hetero) is 1. The van der Waals surface area contributed by atoms with Gasteiger partial charge in [-0.05, 0) is 55.8 Å². The Kier molecular flexibility index (Phi) is 4.84. The highest BCUT2D eigenvalue weighted by Gasteiger charge is 2.27. The maximum absolute atomic E-state index is 12.4. The molecule has 0 atom stereocenters. The molecule has 0 aliphatic carbocycles. The van der Waals surface area contributed by atoms with Gasteiger partial charge in [-0.15, -0.1) is 0 Å². The predicted molar refractivity (Wildman–Crippen MR) is 97.4 cm³/mol. The van der Waals surface area contributed by atoms with Gasteiger partial charge in [0, 0.05) is 18.2 Å². The molecule has 0 saturated carbocycles. The lowest BCUT2D eigenvalue weighted by Gasteiger charge is -2.05. The summed E-state index contributed by atoms with van der Waals surface area (Å²) in [7, 11) is 0. The van der Waals surface area contributed by atoms with Crippen molar-refractivity contribution >= 4 is 17.5 Å². The Hall–Kier alpha value is -3.41. The molecule has 26 heavy (non-hydrogen) atoms. The van der Waals surface area contributed by atoms with Gasteiger partial charge >= 0.3 is 0 Å². The van der Waals surface area contributed by atoms with Crippen LogP contribution in [0.2, 0.25) is 0 Å². The summed E-state index contributed by atoms with van der Waals surface area (Å²) in [6, 6.07) is 11.0. The van der Waals surface area contributed by atoms with Gasteiger partial charge in [0.2, 0.25) is 5.78 Å². The number of nitrogens with zero attached hydrogens (tertiary/aromatic N) is 1. The van der Waals surface area contributed by atoms with Crippen molar-refractivity contribution < 1.29 is 19.2 Å². The standard InChI is InChI=1S/C20H17NO5/c1-13(2)9-10-25-16-7-8-17-18(12-16)26-19(20(17)22)11-14-3-5-15(6-4-14)21(23)24/h3-9,11-12H,10H2,1-2H3. The number of carbonyl (C=O) groups is 1. The normalized spacial score (nSPS) is 13.9. The minimum absolute atomic E-state index is 0.00717. The molecule has 1 heterocycles. The minimum Gasteiger partial charge on any atom is -0.489 e. The fourth-order valence-electron chi connectivity index (χ4n) is 2.41. The average molecular weight is 351 g/mol. The predicted octanol–water partition coefficient (Wildman–Crippen LogP) is 4.56. The second-order valence-electron chi connectivity index (χ2n) is 6.04. The molecular weight excluding hydrogens is 334 g/mol. The lowest BCUT2D eigenvalue weighted by atomic mass is 10.1. The van der Waals surface area contributed by atoms with Crippen LogP contribution in [-0.2, 0) is 0 Å². The highest BCUT2D eigenvalue weighted by atomic mass is 16.6. The van der Waals surface area contributed by atoms with E-state index in [1.165, 1.54) is 12.1 Å². The molecule has 1 aliphatic rings. The van der Waals surface area contributed by atoms with E-state index >= 15 is 0 Å². The van der Waals surface area contributed by atoms with E-state index in [0.29, 0.717) is 29.2 Å². The molecular formula is C20H17NO5. The van der Waals surface area contributed by atoms with Crippen molar-refractivity contribution in [3.63, 3.8) is 0 Å². The molecule has 2 aromatic rings.